The van der Waals surface area contributed by atoms with Crippen molar-refractivity contribution in [1.82, 2.24) is 10.2 Å². The van der Waals surface area contributed by atoms with Crippen LogP contribution in [0.5, 0.6) is 0 Å². The molecule has 0 radical (unpaired) electrons. The molecule has 0 aromatic heterocycles. The molecule has 1 heterocycles. The van der Waals surface area contributed by atoms with Crippen molar-refractivity contribution in [2.75, 3.05) is 19.8 Å². The molecule has 0 bridgehead atoms. The summed E-state index contributed by atoms with van der Waals surface area (Å²) in [5.74, 6) is 0.496. The van der Waals surface area contributed by atoms with E-state index in [9.17, 15) is 4.79 Å². The van der Waals surface area contributed by atoms with Crippen molar-refractivity contribution in [3.05, 3.63) is 35.9 Å². The number of nitrogens with zero attached hydrogens (tertiary/aromatic N) is 1. The van der Waals surface area contributed by atoms with Crippen LogP contribution < -0.4 is 5.32 Å². The molecule has 1 fully saturated rings. The monoisotopic (exact) mass is 290 g/mol. The molecule has 1 N–H and O–H groups in total. The third-order valence-electron chi connectivity index (χ3n) is 3.87. The second kappa shape index (κ2) is 7.57. The minimum atomic E-state index is -0.0951. The van der Waals surface area contributed by atoms with Crippen LogP contribution in [-0.2, 0) is 9.53 Å². The fourth-order valence-electron chi connectivity index (χ4n) is 2.75. The Bertz CT molecular complexity index is 447. The van der Waals surface area contributed by atoms with Crippen molar-refractivity contribution in [3.63, 3.8) is 0 Å². The number of nitrogens with one attached hydrogen (secondary N) is 1. The molecule has 1 aliphatic heterocycles. The lowest BCUT2D eigenvalue weighted by Crippen LogP contribution is -2.35. The van der Waals surface area contributed by atoms with Crippen LogP contribution in [0.15, 0.2) is 30.3 Å². The first kappa shape index (κ1) is 16.0. The van der Waals surface area contributed by atoms with Crippen molar-refractivity contribution >= 4 is 5.91 Å². The summed E-state index contributed by atoms with van der Waals surface area (Å²) in [5.41, 5.74) is 1.14. The van der Waals surface area contributed by atoms with Crippen LogP contribution in [0.1, 0.15) is 38.9 Å². The van der Waals surface area contributed by atoms with Crippen LogP contribution in [0, 0.1) is 5.92 Å². The minimum absolute atomic E-state index is 0.0206. The summed E-state index contributed by atoms with van der Waals surface area (Å²) < 4.78 is 5.39. The molecule has 4 heteroatoms. The van der Waals surface area contributed by atoms with E-state index in [0.717, 1.165) is 25.1 Å². The van der Waals surface area contributed by atoms with Crippen LogP contribution in [0.4, 0.5) is 0 Å². The van der Waals surface area contributed by atoms with E-state index in [1.807, 2.05) is 30.0 Å². The maximum absolute atomic E-state index is 12.6. The van der Waals surface area contributed by atoms with E-state index in [1.54, 1.807) is 0 Å². The highest BCUT2D eigenvalue weighted by Gasteiger charge is 2.40. The van der Waals surface area contributed by atoms with Gasteiger partial charge in [-0.25, -0.2) is 0 Å². The summed E-state index contributed by atoms with van der Waals surface area (Å²) in [6, 6.07) is 10.1. The lowest BCUT2D eigenvalue weighted by atomic mass is 10.1. The van der Waals surface area contributed by atoms with Gasteiger partial charge in [0, 0.05) is 19.8 Å². The summed E-state index contributed by atoms with van der Waals surface area (Å²) in [7, 11) is 0. The number of ether oxygens (including phenoxy) is 1. The van der Waals surface area contributed by atoms with Crippen molar-refractivity contribution in [3.8, 4) is 0 Å². The van der Waals surface area contributed by atoms with Crippen LogP contribution in [0.2, 0.25) is 0 Å². The van der Waals surface area contributed by atoms with Crippen LogP contribution >= 0.6 is 0 Å². The van der Waals surface area contributed by atoms with Gasteiger partial charge >= 0.3 is 0 Å². The SMILES string of the molecule is CCOCCCN1C(=O)C(C(C)C)NC1c1ccccc1. The van der Waals surface area contributed by atoms with Gasteiger partial charge in [0.15, 0.2) is 0 Å². The van der Waals surface area contributed by atoms with E-state index in [4.69, 9.17) is 4.74 Å². The Kier molecular flexibility index (Phi) is 5.76. The van der Waals surface area contributed by atoms with E-state index in [0.29, 0.717) is 12.5 Å². The van der Waals surface area contributed by atoms with E-state index < -0.39 is 0 Å². The molecule has 1 saturated heterocycles. The largest absolute Gasteiger partial charge is 0.382 e. The topological polar surface area (TPSA) is 41.6 Å². The van der Waals surface area contributed by atoms with Gasteiger partial charge in [-0.05, 0) is 24.8 Å². The summed E-state index contributed by atoms with van der Waals surface area (Å²) in [5, 5.41) is 3.48. The average molecular weight is 290 g/mol. The van der Waals surface area contributed by atoms with Gasteiger partial charge in [-0.1, -0.05) is 44.2 Å². The highest BCUT2D eigenvalue weighted by Crippen LogP contribution is 2.28. The molecule has 0 aliphatic carbocycles. The van der Waals surface area contributed by atoms with Crippen molar-refractivity contribution in [2.45, 2.75) is 39.4 Å². The van der Waals surface area contributed by atoms with Gasteiger partial charge in [0.25, 0.3) is 0 Å². The molecule has 0 spiro atoms. The van der Waals surface area contributed by atoms with Gasteiger partial charge in [-0.3, -0.25) is 10.1 Å². The Morgan fingerprint density at radius 3 is 2.62 bits per heavy atom. The summed E-state index contributed by atoms with van der Waals surface area (Å²) in [6.45, 7) is 8.32. The molecule has 1 aromatic rings. The Balaban J connectivity index is 2.10. The molecule has 2 atom stereocenters. The van der Waals surface area contributed by atoms with Gasteiger partial charge in [0.2, 0.25) is 5.91 Å². The molecule has 2 unspecified atom stereocenters. The molecular formula is C17H26N2O2. The lowest BCUT2D eigenvalue weighted by Gasteiger charge is -2.24. The van der Waals surface area contributed by atoms with E-state index >= 15 is 0 Å². The second-order valence-corrected chi connectivity index (χ2v) is 5.78. The number of rotatable bonds is 7. The Labute approximate surface area is 127 Å². The number of hydrogen-bond acceptors (Lipinski definition) is 3. The molecule has 1 aliphatic rings. The van der Waals surface area contributed by atoms with E-state index in [-0.39, 0.29) is 18.1 Å². The third-order valence-corrected chi connectivity index (χ3v) is 3.87. The summed E-state index contributed by atoms with van der Waals surface area (Å²) >= 11 is 0. The van der Waals surface area contributed by atoms with E-state index in [2.05, 4.69) is 31.3 Å². The average Bonchev–Trinajstić information content (AvgIpc) is 2.82. The van der Waals surface area contributed by atoms with Crippen molar-refractivity contribution < 1.29 is 9.53 Å². The zero-order valence-corrected chi connectivity index (χ0v) is 13.2. The Morgan fingerprint density at radius 1 is 1.29 bits per heavy atom. The van der Waals surface area contributed by atoms with Gasteiger partial charge in [-0.2, -0.15) is 0 Å². The molecule has 2 rings (SSSR count). The fourth-order valence-corrected chi connectivity index (χ4v) is 2.75. The zero-order chi connectivity index (χ0) is 15.2. The molecule has 0 saturated carbocycles. The molecule has 1 aromatic carbocycles. The highest BCUT2D eigenvalue weighted by molar-refractivity contribution is 5.84. The van der Waals surface area contributed by atoms with Gasteiger partial charge in [0.05, 0.1) is 6.04 Å². The smallest absolute Gasteiger partial charge is 0.241 e. The van der Waals surface area contributed by atoms with E-state index in [1.165, 1.54) is 0 Å². The summed E-state index contributed by atoms with van der Waals surface area (Å²) in [6.07, 6.45) is 0.850. The predicted octanol–water partition coefficient (Wildman–Crippen LogP) is 2.57. The van der Waals surface area contributed by atoms with Crippen LogP contribution in [0.3, 0.4) is 0 Å². The van der Waals surface area contributed by atoms with Crippen molar-refractivity contribution in [2.24, 2.45) is 5.92 Å². The molecule has 116 valence electrons. The lowest BCUT2D eigenvalue weighted by molar-refractivity contribution is -0.131. The number of carbonyl (C=O) groups excluding carboxylic acids is 1. The number of amides is 1. The Hall–Kier alpha value is -1.39. The zero-order valence-electron chi connectivity index (χ0n) is 13.2. The second-order valence-electron chi connectivity index (χ2n) is 5.78. The quantitative estimate of drug-likeness (QED) is 0.785. The third kappa shape index (κ3) is 3.83. The van der Waals surface area contributed by atoms with Gasteiger partial charge in [0.1, 0.15) is 6.17 Å². The first-order valence-corrected chi connectivity index (χ1v) is 7.84. The standard InChI is InChI=1S/C17H26N2O2/c1-4-21-12-8-11-19-16(14-9-6-5-7-10-14)18-15(13(2)3)17(19)20/h5-7,9-10,13,15-16,18H,4,8,11-12H2,1-3H3. The number of hydrogen-bond donors (Lipinski definition) is 1. The van der Waals surface area contributed by atoms with Crippen LogP contribution in [-0.4, -0.2) is 36.6 Å². The first-order valence-electron chi connectivity index (χ1n) is 7.84. The summed E-state index contributed by atoms with van der Waals surface area (Å²) in [4.78, 5) is 14.6. The first-order chi connectivity index (χ1) is 10.1. The predicted molar refractivity (Wildman–Crippen MR) is 83.8 cm³/mol. The molecular weight excluding hydrogens is 264 g/mol. The van der Waals surface area contributed by atoms with Gasteiger partial charge in [-0.15, -0.1) is 0 Å². The molecule has 21 heavy (non-hydrogen) atoms. The molecule has 1 amide bonds. The van der Waals surface area contributed by atoms with Gasteiger partial charge < -0.3 is 9.64 Å². The maximum Gasteiger partial charge on any atom is 0.241 e. The normalized spacial score (nSPS) is 22.3. The van der Waals surface area contributed by atoms with Crippen molar-refractivity contribution in [1.29, 1.82) is 0 Å². The number of benzene rings is 1. The fraction of sp³-hybridized carbons (Fsp3) is 0.588. The number of carbonyl (C=O) groups is 1. The van der Waals surface area contributed by atoms with Crippen LogP contribution in [0.25, 0.3) is 0 Å². The minimum Gasteiger partial charge on any atom is -0.382 e. The maximum atomic E-state index is 12.6. The Morgan fingerprint density at radius 2 is 2.00 bits per heavy atom. The molecule has 4 nitrogen and oxygen atoms in total. The highest BCUT2D eigenvalue weighted by atomic mass is 16.5.